The Morgan fingerprint density at radius 1 is 1.04 bits per heavy atom. The van der Waals surface area contributed by atoms with Crippen LogP contribution in [0.3, 0.4) is 0 Å². The maximum absolute atomic E-state index is 12.6. The normalized spacial score (nSPS) is 18.6. The number of pyridine rings is 1. The van der Waals surface area contributed by atoms with Crippen molar-refractivity contribution in [3.05, 3.63) is 59.5 Å². The Bertz CT molecular complexity index is 991. The van der Waals surface area contributed by atoms with Crippen LogP contribution in [-0.4, -0.2) is 58.6 Å². The fraction of sp³-hybridized carbons (Fsp3) is 0.409. The molecule has 0 bridgehead atoms. The Kier molecular flexibility index (Phi) is 4.56. The molecule has 2 aromatic heterocycles. The number of rotatable bonds is 4. The topological polar surface area (TPSA) is 62.5 Å². The molecule has 1 fully saturated rings. The van der Waals surface area contributed by atoms with Gasteiger partial charge in [-0.15, -0.1) is 0 Å². The van der Waals surface area contributed by atoms with Gasteiger partial charge in [0.1, 0.15) is 5.69 Å². The second-order valence-corrected chi connectivity index (χ2v) is 7.73. The lowest BCUT2D eigenvalue weighted by molar-refractivity contribution is 0.0703. The molecule has 6 nitrogen and oxygen atoms in total. The van der Waals surface area contributed by atoms with Crippen molar-refractivity contribution in [1.29, 1.82) is 0 Å². The first-order chi connectivity index (χ1) is 13.8. The van der Waals surface area contributed by atoms with Crippen LogP contribution in [-0.2, 0) is 6.42 Å². The number of aromatic nitrogens is 2. The molecule has 1 saturated heterocycles. The number of amides is 1. The Morgan fingerprint density at radius 3 is 2.79 bits per heavy atom. The standard InChI is InChI=1S/C22H24N4O2/c27-22-21-16(4-3-10-23-21)9-13-26(22)15-14-25-11-7-17(8-12-25)20-18-5-1-2-6-19(18)28-24-20/h1-6,10,17H,7-9,11-15H2. The van der Waals surface area contributed by atoms with Crippen molar-refractivity contribution in [3.8, 4) is 0 Å². The molecule has 0 radical (unpaired) electrons. The van der Waals surface area contributed by atoms with Gasteiger partial charge in [-0.25, -0.2) is 0 Å². The van der Waals surface area contributed by atoms with Gasteiger partial charge in [-0.3, -0.25) is 9.78 Å². The van der Waals surface area contributed by atoms with Gasteiger partial charge in [0.05, 0.1) is 5.69 Å². The highest BCUT2D eigenvalue weighted by atomic mass is 16.5. The van der Waals surface area contributed by atoms with Crippen molar-refractivity contribution in [2.45, 2.75) is 25.2 Å². The van der Waals surface area contributed by atoms with E-state index in [1.165, 1.54) is 0 Å². The highest BCUT2D eigenvalue weighted by Gasteiger charge is 2.28. The Labute approximate surface area is 164 Å². The highest BCUT2D eigenvalue weighted by molar-refractivity contribution is 5.94. The van der Waals surface area contributed by atoms with E-state index in [0.29, 0.717) is 11.6 Å². The number of hydrogen-bond acceptors (Lipinski definition) is 5. The summed E-state index contributed by atoms with van der Waals surface area (Å²) in [5.41, 5.74) is 3.68. The highest BCUT2D eigenvalue weighted by Crippen LogP contribution is 2.32. The first kappa shape index (κ1) is 17.4. The molecule has 0 unspecified atom stereocenters. The number of para-hydroxylation sites is 1. The van der Waals surface area contributed by atoms with E-state index < -0.39 is 0 Å². The van der Waals surface area contributed by atoms with Crippen LogP contribution in [0.5, 0.6) is 0 Å². The smallest absolute Gasteiger partial charge is 0.272 e. The average molecular weight is 376 g/mol. The van der Waals surface area contributed by atoms with Crippen molar-refractivity contribution >= 4 is 16.9 Å². The average Bonchev–Trinajstić information content (AvgIpc) is 3.18. The van der Waals surface area contributed by atoms with E-state index in [2.05, 4.69) is 21.1 Å². The van der Waals surface area contributed by atoms with Gasteiger partial charge in [0, 0.05) is 37.1 Å². The fourth-order valence-electron chi connectivity index (χ4n) is 4.44. The maximum Gasteiger partial charge on any atom is 0.272 e. The molecule has 6 heteroatoms. The molecule has 2 aliphatic rings. The lowest BCUT2D eigenvalue weighted by Gasteiger charge is -2.34. The van der Waals surface area contributed by atoms with Crippen LogP contribution in [0.4, 0.5) is 0 Å². The molecule has 0 atom stereocenters. The van der Waals surface area contributed by atoms with E-state index in [0.717, 1.165) is 74.2 Å². The summed E-state index contributed by atoms with van der Waals surface area (Å²) >= 11 is 0. The Hall–Kier alpha value is -2.73. The number of carbonyl (C=O) groups excluding carboxylic acids is 1. The second kappa shape index (κ2) is 7.36. The summed E-state index contributed by atoms with van der Waals surface area (Å²) in [5.74, 6) is 0.526. The van der Waals surface area contributed by atoms with Crippen LogP contribution in [0.2, 0.25) is 0 Å². The zero-order valence-corrected chi connectivity index (χ0v) is 15.9. The zero-order valence-electron chi connectivity index (χ0n) is 15.9. The molecule has 1 aromatic carbocycles. The summed E-state index contributed by atoms with van der Waals surface area (Å²) < 4.78 is 5.48. The molecule has 4 heterocycles. The summed E-state index contributed by atoms with van der Waals surface area (Å²) in [4.78, 5) is 21.3. The molecular formula is C22H24N4O2. The van der Waals surface area contributed by atoms with E-state index >= 15 is 0 Å². The van der Waals surface area contributed by atoms with Crippen LogP contribution in [0, 0.1) is 0 Å². The SMILES string of the molecule is O=C1c2ncccc2CCN1CCN1CCC(c2noc3ccccc23)CC1. The zero-order chi connectivity index (χ0) is 18.9. The molecule has 0 N–H and O–H groups in total. The largest absolute Gasteiger partial charge is 0.356 e. The third kappa shape index (κ3) is 3.18. The van der Waals surface area contributed by atoms with Crippen LogP contribution in [0.25, 0.3) is 11.0 Å². The van der Waals surface area contributed by atoms with Crippen molar-refractivity contribution < 1.29 is 9.32 Å². The Morgan fingerprint density at radius 2 is 1.89 bits per heavy atom. The minimum atomic E-state index is 0.0748. The number of piperidine rings is 1. The van der Waals surface area contributed by atoms with E-state index in [9.17, 15) is 4.79 Å². The van der Waals surface area contributed by atoms with E-state index in [4.69, 9.17) is 4.52 Å². The summed E-state index contributed by atoms with van der Waals surface area (Å²) in [6, 6.07) is 12.0. The van der Waals surface area contributed by atoms with Crippen LogP contribution in [0.1, 0.15) is 40.5 Å². The molecule has 1 amide bonds. The van der Waals surface area contributed by atoms with Crippen LogP contribution < -0.4 is 0 Å². The van der Waals surface area contributed by atoms with Crippen LogP contribution in [0.15, 0.2) is 47.1 Å². The summed E-state index contributed by atoms with van der Waals surface area (Å²) in [6.45, 7) is 4.54. The molecule has 0 saturated carbocycles. The number of benzene rings is 1. The molecule has 0 spiro atoms. The number of likely N-dealkylation sites (tertiary alicyclic amines) is 1. The summed E-state index contributed by atoms with van der Waals surface area (Å²) in [5, 5.41) is 5.49. The quantitative estimate of drug-likeness (QED) is 0.700. The van der Waals surface area contributed by atoms with E-state index in [1.54, 1.807) is 6.20 Å². The first-order valence-corrected chi connectivity index (χ1v) is 10.1. The lowest BCUT2D eigenvalue weighted by atomic mass is 9.91. The third-order valence-corrected chi connectivity index (χ3v) is 6.10. The number of carbonyl (C=O) groups is 1. The molecule has 5 rings (SSSR count). The van der Waals surface area contributed by atoms with Gasteiger partial charge in [0.25, 0.3) is 5.91 Å². The van der Waals surface area contributed by atoms with Gasteiger partial charge in [-0.2, -0.15) is 0 Å². The Balaban J connectivity index is 1.17. The predicted molar refractivity (Wildman–Crippen MR) is 106 cm³/mol. The molecular weight excluding hydrogens is 352 g/mol. The van der Waals surface area contributed by atoms with Crippen molar-refractivity contribution in [1.82, 2.24) is 19.9 Å². The molecule has 3 aromatic rings. The van der Waals surface area contributed by atoms with Crippen molar-refractivity contribution in [3.63, 3.8) is 0 Å². The number of fused-ring (bicyclic) bond motifs is 2. The predicted octanol–water partition coefficient (Wildman–Crippen LogP) is 3.10. The molecule has 144 valence electrons. The van der Waals surface area contributed by atoms with Crippen LogP contribution >= 0.6 is 0 Å². The number of nitrogens with zero attached hydrogens (tertiary/aromatic N) is 4. The van der Waals surface area contributed by atoms with Gasteiger partial charge < -0.3 is 14.3 Å². The minimum Gasteiger partial charge on any atom is -0.356 e. The maximum atomic E-state index is 12.6. The minimum absolute atomic E-state index is 0.0748. The summed E-state index contributed by atoms with van der Waals surface area (Å²) in [7, 11) is 0. The van der Waals surface area contributed by atoms with Gasteiger partial charge >= 0.3 is 0 Å². The molecule has 2 aliphatic heterocycles. The van der Waals surface area contributed by atoms with Crippen molar-refractivity contribution in [2.24, 2.45) is 0 Å². The van der Waals surface area contributed by atoms with Gasteiger partial charge in [-0.1, -0.05) is 23.4 Å². The van der Waals surface area contributed by atoms with Gasteiger partial charge in [0.15, 0.2) is 5.58 Å². The monoisotopic (exact) mass is 376 g/mol. The van der Waals surface area contributed by atoms with Gasteiger partial charge in [0.2, 0.25) is 0 Å². The molecule has 28 heavy (non-hydrogen) atoms. The summed E-state index contributed by atoms with van der Waals surface area (Å²) in [6.07, 6.45) is 4.76. The second-order valence-electron chi connectivity index (χ2n) is 7.73. The molecule has 0 aliphatic carbocycles. The lowest BCUT2D eigenvalue weighted by Crippen LogP contribution is -2.44. The van der Waals surface area contributed by atoms with E-state index in [1.807, 2.05) is 35.2 Å². The fourth-order valence-corrected chi connectivity index (χ4v) is 4.44. The number of hydrogen-bond donors (Lipinski definition) is 0. The van der Waals surface area contributed by atoms with Crippen molar-refractivity contribution in [2.75, 3.05) is 32.7 Å². The van der Waals surface area contributed by atoms with Gasteiger partial charge in [-0.05, 0) is 56.1 Å². The first-order valence-electron chi connectivity index (χ1n) is 10.1. The third-order valence-electron chi connectivity index (χ3n) is 6.10. The van der Waals surface area contributed by atoms with E-state index in [-0.39, 0.29) is 5.91 Å².